The summed E-state index contributed by atoms with van der Waals surface area (Å²) in [5.74, 6) is 2.07. The van der Waals surface area contributed by atoms with Gasteiger partial charge in [0.2, 0.25) is 0 Å². The van der Waals surface area contributed by atoms with Crippen molar-refractivity contribution in [2.24, 2.45) is 17.8 Å². The van der Waals surface area contributed by atoms with Crippen LogP contribution in [-0.2, 0) is 4.74 Å². The van der Waals surface area contributed by atoms with Gasteiger partial charge >= 0.3 is 0 Å². The van der Waals surface area contributed by atoms with Gasteiger partial charge in [0.15, 0.2) is 0 Å². The van der Waals surface area contributed by atoms with Crippen molar-refractivity contribution in [3.8, 4) is 0 Å². The lowest BCUT2D eigenvalue weighted by molar-refractivity contribution is 0.0946. The standard InChI is InChI=1S/C28H29ClFN7O2/c1-2-39-16-8-17(26-19-11-33-34-27(19)35-37(26)12-16)15-6-7-24(31-9-15)36-13-20-18(21(20)14-36)10-32-28(38)25-22(29)4-3-5-23(25)30/h3-9,12,18,20-21,27,33-35H,2,10-11,13-14H2,1H3,(H,32,38)/t18?,20-,21+,27?. The quantitative estimate of drug-likeness (QED) is 0.419. The number of carbonyl (C=O) groups is 1. The van der Waals surface area contributed by atoms with Gasteiger partial charge in [0, 0.05) is 49.1 Å². The minimum Gasteiger partial charge on any atom is -0.492 e. The molecule has 0 radical (unpaired) electrons. The summed E-state index contributed by atoms with van der Waals surface area (Å²) in [6.45, 7) is 5.64. The summed E-state index contributed by atoms with van der Waals surface area (Å²) in [6, 6.07) is 8.47. The van der Waals surface area contributed by atoms with Crippen LogP contribution < -0.4 is 26.5 Å². The predicted molar refractivity (Wildman–Crippen MR) is 145 cm³/mol. The maximum Gasteiger partial charge on any atom is 0.255 e. The van der Waals surface area contributed by atoms with Gasteiger partial charge < -0.3 is 15.0 Å². The monoisotopic (exact) mass is 549 g/mol. The van der Waals surface area contributed by atoms with Crippen LogP contribution in [0.15, 0.2) is 65.8 Å². The molecule has 1 aromatic carbocycles. The molecule has 2 unspecified atom stereocenters. The van der Waals surface area contributed by atoms with E-state index in [1.165, 1.54) is 23.8 Å². The number of nitrogens with one attached hydrogen (secondary N) is 4. The van der Waals surface area contributed by atoms with Crippen LogP contribution in [0.25, 0.3) is 5.57 Å². The van der Waals surface area contributed by atoms with E-state index in [2.05, 4.69) is 44.7 Å². The van der Waals surface area contributed by atoms with Crippen molar-refractivity contribution in [1.29, 1.82) is 0 Å². The molecule has 7 rings (SSSR count). The number of nitrogens with zero attached hydrogens (tertiary/aromatic N) is 3. The highest BCUT2D eigenvalue weighted by molar-refractivity contribution is 6.33. The van der Waals surface area contributed by atoms with E-state index in [-0.39, 0.29) is 16.8 Å². The third-order valence-corrected chi connectivity index (χ3v) is 8.55. The van der Waals surface area contributed by atoms with Crippen molar-refractivity contribution in [3.05, 3.63) is 87.8 Å². The number of hydrogen-bond acceptors (Lipinski definition) is 8. The summed E-state index contributed by atoms with van der Waals surface area (Å²) in [5.41, 5.74) is 14.3. The molecule has 1 aliphatic carbocycles. The molecule has 39 heavy (non-hydrogen) atoms. The largest absolute Gasteiger partial charge is 0.492 e. The Morgan fingerprint density at radius 3 is 2.85 bits per heavy atom. The molecule has 1 aromatic heterocycles. The van der Waals surface area contributed by atoms with E-state index in [4.69, 9.17) is 21.3 Å². The van der Waals surface area contributed by atoms with E-state index in [9.17, 15) is 9.18 Å². The average molecular weight is 550 g/mol. The van der Waals surface area contributed by atoms with Crippen LogP contribution in [0.2, 0.25) is 5.02 Å². The van der Waals surface area contributed by atoms with Gasteiger partial charge in [-0.25, -0.2) is 20.2 Å². The normalized spacial score (nSPS) is 26.6. The number of hydrogen-bond donors (Lipinski definition) is 4. The summed E-state index contributed by atoms with van der Waals surface area (Å²) in [6.07, 6.45) is 6.05. The highest BCUT2D eigenvalue weighted by Gasteiger charge is 2.55. The zero-order valence-corrected chi connectivity index (χ0v) is 22.1. The first-order valence-electron chi connectivity index (χ1n) is 13.3. The third-order valence-electron chi connectivity index (χ3n) is 8.24. The van der Waals surface area contributed by atoms with Gasteiger partial charge in [-0.05, 0) is 55.0 Å². The molecule has 1 amide bonds. The van der Waals surface area contributed by atoms with Crippen molar-refractivity contribution in [2.45, 2.75) is 13.1 Å². The molecule has 2 saturated heterocycles. The summed E-state index contributed by atoms with van der Waals surface area (Å²) >= 11 is 6.03. The van der Waals surface area contributed by atoms with Crippen LogP contribution in [0.1, 0.15) is 22.8 Å². The van der Waals surface area contributed by atoms with Crippen LogP contribution >= 0.6 is 11.6 Å². The Morgan fingerprint density at radius 1 is 1.26 bits per heavy atom. The Kier molecular flexibility index (Phi) is 6.07. The molecule has 5 aliphatic rings. The Bertz CT molecular complexity index is 1390. The predicted octanol–water partition coefficient (Wildman–Crippen LogP) is 2.77. The topological polar surface area (TPSA) is 93.8 Å². The Hall–Kier alpha value is -3.44. The van der Waals surface area contributed by atoms with Crippen LogP contribution in [0.5, 0.6) is 0 Å². The first-order valence-corrected chi connectivity index (χ1v) is 13.7. The summed E-state index contributed by atoms with van der Waals surface area (Å²) in [5, 5.41) is 5.04. The molecule has 4 aliphatic heterocycles. The van der Waals surface area contributed by atoms with Crippen molar-refractivity contribution in [2.75, 3.05) is 37.7 Å². The number of carbonyl (C=O) groups excluding carboxylic acids is 1. The zero-order chi connectivity index (χ0) is 26.7. The van der Waals surface area contributed by atoms with Gasteiger partial charge in [0.1, 0.15) is 23.6 Å². The van der Waals surface area contributed by atoms with Crippen molar-refractivity contribution < 1.29 is 13.9 Å². The highest BCUT2D eigenvalue weighted by Crippen LogP contribution is 2.52. The summed E-state index contributed by atoms with van der Waals surface area (Å²) in [4.78, 5) is 19.6. The smallest absolute Gasteiger partial charge is 0.255 e. The molecular formula is C28H29ClFN7O2. The number of aromatic nitrogens is 1. The number of pyridine rings is 1. The number of ether oxygens (including phenoxy) is 1. The molecule has 0 spiro atoms. The highest BCUT2D eigenvalue weighted by atomic mass is 35.5. The Labute approximate surface area is 230 Å². The van der Waals surface area contributed by atoms with E-state index >= 15 is 0 Å². The van der Waals surface area contributed by atoms with E-state index in [1.807, 2.05) is 24.3 Å². The lowest BCUT2D eigenvalue weighted by Crippen LogP contribution is -2.44. The van der Waals surface area contributed by atoms with E-state index in [1.54, 1.807) is 0 Å². The number of anilines is 1. The average Bonchev–Trinajstić information content (AvgIpc) is 3.32. The fourth-order valence-electron chi connectivity index (χ4n) is 6.26. The van der Waals surface area contributed by atoms with Gasteiger partial charge in [-0.2, -0.15) is 0 Å². The maximum atomic E-state index is 14.0. The van der Waals surface area contributed by atoms with Crippen molar-refractivity contribution >= 4 is 28.9 Å². The number of benzene rings is 1. The van der Waals surface area contributed by atoms with E-state index in [0.29, 0.717) is 30.9 Å². The second kappa shape index (κ2) is 9.63. The molecule has 1 saturated carbocycles. The van der Waals surface area contributed by atoms with Crippen molar-refractivity contribution in [1.82, 2.24) is 31.6 Å². The van der Waals surface area contributed by atoms with Gasteiger partial charge in [0.05, 0.1) is 29.1 Å². The molecule has 11 heteroatoms. The lowest BCUT2D eigenvalue weighted by Gasteiger charge is -2.27. The van der Waals surface area contributed by atoms with Gasteiger partial charge in [-0.1, -0.05) is 17.7 Å². The third kappa shape index (κ3) is 4.28. The first-order chi connectivity index (χ1) is 19.0. The number of hydrazine groups is 2. The van der Waals surface area contributed by atoms with Gasteiger partial charge in [0.25, 0.3) is 5.91 Å². The number of halogens is 2. The molecule has 5 heterocycles. The van der Waals surface area contributed by atoms with Crippen LogP contribution in [0, 0.1) is 23.6 Å². The summed E-state index contributed by atoms with van der Waals surface area (Å²) in [7, 11) is 0. The number of fused-ring (bicyclic) bond motifs is 3. The molecule has 9 nitrogen and oxygen atoms in total. The van der Waals surface area contributed by atoms with Crippen LogP contribution in [0.3, 0.4) is 0 Å². The zero-order valence-electron chi connectivity index (χ0n) is 21.4. The number of allylic oxidation sites excluding steroid dienone is 2. The maximum absolute atomic E-state index is 14.0. The molecule has 202 valence electrons. The van der Waals surface area contributed by atoms with Gasteiger partial charge in [-0.15, -0.1) is 0 Å². The minimum absolute atomic E-state index is 0.0469. The molecule has 4 N–H and O–H groups in total. The van der Waals surface area contributed by atoms with Gasteiger partial charge in [-0.3, -0.25) is 15.2 Å². The van der Waals surface area contributed by atoms with E-state index in [0.717, 1.165) is 48.0 Å². The second-order valence-corrected chi connectivity index (χ2v) is 10.8. The second-order valence-electron chi connectivity index (χ2n) is 10.4. The molecule has 2 aromatic rings. The fourth-order valence-corrected chi connectivity index (χ4v) is 6.51. The molecule has 3 fully saturated rings. The number of amides is 1. The number of rotatable bonds is 7. The lowest BCUT2D eigenvalue weighted by atomic mass is 9.98. The molecular weight excluding hydrogens is 521 g/mol. The summed E-state index contributed by atoms with van der Waals surface area (Å²) < 4.78 is 19.9. The SMILES string of the molecule is CCOC1=CN2NC3NNCC3=C2C(c2ccc(N3C[C@@H]4C(CNC(=O)c5c(F)cccc5Cl)[C@@H]4C3)nc2)=C1. The van der Waals surface area contributed by atoms with E-state index < -0.39 is 11.7 Å². The van der Waals surface area contributed by atoms with Crippen LogP contribution in [-0.4, -0.2) is 54.9 Å². The Balaban J connectivity index is 1.00. The number of piperidine rings is 1. The fraction of sp³-hybridized carbons (Fsp3) is 0.357. The Morgan fingerprint density at radius 2 is 2.10 bits per heavy atom. The van der Waals surface area contributed by atoms with Crippen molar-refractivity contribution in [3.63, 3.8) is 0 Å². The van der Waals surface area contributed by atoms with Crippen LogP contribution in [0.4, 0.5) is 10.2 Å². The molecule has 0 bridgehead atoms. The minimum atomic E-state index is -0.601. The molecule has 4 atom stereocenters. The first kappa shape index (κ1) is 24.6.